The fraction of sp³-hybridized carbons (Fsp3) is 0.625. The van der Waals surface area contributed by atoms with E-state index in [-0.39, 0.29) is 5.78 Å². The van der Waals surface area contributed by atoms with Gasteiger partial charge in [0.2, 0.25) is 0 Å². The predicted molar refractivity (Wildman–Crippen MR) is 48.4 cm³/mol. The second kappa shape index (κ2) is 4.98. The van der Waals surface area contributed by atoms with Gasteiger partial charge in [-0.1, -0.05) is 19.8 Å². The Morgan fingerprint density at radius 1 is 1.58 bits per heavy atom. The number of carbonyl (C=O) groups excluding carboxylic acids is 1. The van der Waals surface area contributed by atoms with Crippen LogP contribution in [0.15, 0.2) is 6.20 Å². The van der Waals surface area contributed by atoms with Crippen LogP contribution in [0.3, 0.4) is 0 Å². The molecule has 1 aromatic rings. The van der Waals surface area contributed by atoms with E-state index < -0.39 is 0 Å². The molecule has 4 heteroatoms. The Morgan fingerprint density at radius 2 is 2.42 bits per heavy atom. The summed E-state index contributed by atoms with van der Waals surface area (Å²) in [4.78, 5) is 11.3. The number of nitrogens with zero attached hydrogens (tertiary/aromatic N) is 2. The number of aromatic nitrogens is 2. The molecule has 12 heavy (non-hydrogen) atoms. The smallest absolute Gasteiger partial charge is 0.183 e. The average Bonchev–Trinajstić information content (AvgIpc) is 2.56. The molecule has 0 aliphatic carbocycles. The molecule has 0 bridgehead atoms. The lowest BCUT2D eigenvalue weighted by Gasteiger charge is -1.94. The molecule has 0 radical (unpaired) electrons. The minimum absolute atomic E-state index is 0.122. The maximum Gasteiger partial charge on any atom is 0.183 e. The second-order valence-electron chi connectivity index (χ2n) is 2.67. The van der Waals surface area contributed by atoms with Crippen molar-refractivity contribution in [1.29, 1.82) is 0 Å². The van der Waals surface area contributed by atoms with E-state index in [0.29, 0.717) is 12.1 Å². The number of unbranched alkanes of at least 4 members (excludes halogenated alkanes) is 2. The van der Waals surface area contributed by atoms with Crippen molar-refractivity contribution in [1.82, 2.24) is 8.75 Å². The van der Waals surface area contributed by atoms with Crippen molar-refractivity contribution < 1.29 is 4.79 Å². The summed E-state index contributed by atoms with van der Waals surface area (Å²) in [5, 5.41) is 0. The molecular formula is C8H12N2OS. The zero-order valence-corrected chi connectivity index (χ0v) is 7.93. The minimum Gasteiger partial charge on any atom is -0.292 e. The third-order valence-corrected chi connectivity index (χ3v) is 2.13. The summed E-state index contributed by atoms with van der Waals surface area (Å²) in [6.07, 6.45) is 5.37. The van der Waals surface area contributed by atoms with Crippen LogP contribution in [0.25, 0.3) is 0 Å². The molecule has 1 heterocycles. The van der Waals surface area contributed by atoms with E-state index >= 15 is 0 Å². The Hall–Kier alpha value is -0.770. The molecule has 0 aliphatic heterocycles. The molecule has 0 amide bonds. The molecule has 1 aromatic heterocycles. The molecule has 0 atom stereocenters. The normalized spacial score (nSPS) is 10.1. The van der Waals surface area contributed by atoms with Crippen LogP contribution in [-0.4, -0.2) is 14.5 Å². The van der Waals surface area contributed by atoms with Gasteiger partial charge in [0.1, 0.15) is 5.69 Å². The van der Waals surface area contributed by atoms with E-state index in [2.05, 4.69) is 15.7 Å². The van der Waals surface area contributed by atoms with Gasteiger partial charge in [0, 0.05) is 6.42 Å². The van der Waals surface area contributed by atoms with Crippen LogP contribution in [-0.2, 0) is 0 Å². The molecule has 0 saturated heterocycles. The molecule has 1 rings (SSSR count). The Bertz CT molecular complexity index is 233. The lowest BCUT2D eigenvalue weighted by molar-refractivity contribution is 0.0975. The van der Waals surface area contributed by atoms with Crippen molar-refractivity contribution >= 4 is 17.5 Å². The van der Waals surface area contributed by atoms with Crippen molar-refractivity contribution in [3.8, 4) is 0 Å². The highest BCUT2D eigenvalue weighted by Crippen LogP contribution is 2.05. The summed E-state index contributed by atoms with van der Waals surface area (Å²) in [5.74, 6) is 0.122. The standard InChI is InChI=1S/C8H12N2OS/c1-2-3-4-5-8(11)7-6-9-12-10-7/h6H,2-5H2,1H3. The minimum atomic E-state index is 0.122. The van der Waals surface area contributed by atoms with Gasteiger partial charge in [-0.15, -0.1) is 0 Å². The summed E-state index contributed by atoms with van der Waals surface area (Å²) in [5.41, 5.74) is 0.524. The highest BCUT2D eigenvalue weighted by molar-refractivity contribution is 6.99. The number of hydrogen-bond donors (Lipinski definition) is 0. The molecule has 0 fully saturated rings. The first kappa shape index (κ1) is 9.32. The first-order valence-electron chi connectivity index (χ1n) is 4.15. The fourth-order valence-electron chi connectivity index (χ4n) is 0.951. The van der Waals surface area contributed by atoms with Gasteiger partial charge in [-0.25, -0.2) is 0 Å². The third-order valence-electron chi connectivity index (χ3n) is 1.65. The molecule has 0 N–H and O–H groups in total. The molecule has 3 nitrogen and oxygen atoms in total. The lowest BCUT2D eigenvalue weighted by atomic mass is 10.1. The average molecular weight is 184 g/mol. The number of rotatable bonds is 5. The van der Waals surface area contributed by atoms with Gasteiger partial charge >= 0.3 is 0 Å². The molecular weight excluding hydrogens is 172 g/mol. The first-order valence-corrected chi connectivity index (χ1v) is 4.88. The number of carbonyl (C=O) groups is 1. The van der Waals surface area contributed by atoms with Crippen molar-refractivity contribution in [2.24, 2.45) is 0 Å². The number of ketones is 1. The molecule has 0 spiro atoms. The second-order valence-corrected chi connectivity index (χ2v) is 3.23. The van der Waals surface area contributed by atoms with Crippen LogP contribution in [0, 0.1) is 0 Å². The predicted octanol–water partition coefficient (Wildman–Crippen LogP) is 2.30. The molecule has 0 aliphatic rings. The zero-order valence-electron chi connectivity index (χ0n) is 7.12. The van der Waals surface area contributed by atoms with E-state index in [0.717, 1.165) is 31.0 Å². The molecule has 0 aromatic carbocycles. The summed E-state index contributed by atoms with van der Waals surface area (Å²) < 4.78 is 7.66. The first-order chi connectivity index (χ1) is 5.84. The maximum atomic E-state index is 11.3. The van der Waals surface area contributed by atoms with Gasteiger partial charge < -0.3 is 0 Å². The van der Waals surface area contributed by atoms with Crippen molar-refractivity contribution in [2.45, 2.75) is 32.6 Å². The van der Waals surface area contributed by atoms with Crippen molar-refractivity contribution in [3.05, 3.63) is 11.9 Å². The van der Waals surface area contributed by atoms with Gasteiger partial charge in [-0.3, -0.25) is 4.79 Å². The van der Waals surface area contributed by atoms with Crippen LogP contribution >= 0.6 is 11.7 Å². The van der Waals surface area contributed by atoms with Crippen LogP contribution in [0.4, 0.5) is 0 Å². The largest absolute Gasteiger partial charge is 0.292 e. The Balaban J connectivity index is 2.30. The molecule has 0 unspecified atom stereocenters. The van der Waals surface area contributed by atoms with Gasteiger partial charge in [-0.2, -0.15) is 8.75 Å². The Morgan fingerprint density at radius 3 is 3.00 bits per heavy atom. The highest BCUT2D eigenvalue weighted by atomic mass is 32.1. The van der Waals surface area contributed by atoms with E-state index in [4.69, 9.17) is 0 Å². The maximum absolute atomic E-state index is 11.3. The number of hydrogen-bond acceptors (Lipinski definition) is 4. The van der Waals surface area contributed by atoms with E-state index in [1.54, 1.807) is 6.20 Å². The van der Waals surface area contributed by atoms with Crippen LogP contribution in [0.1, 0.15) is 43.1 Å². The van der Waals surface area contributed by atoms with E-state index in [1.165, 1.54) is 0 Å². The summed E-state index contributed by atoms with van der Waals surface area (Å²) >= 11 is 1.09. The molecule has 0 saturated carbocycles. The van der Waals surface area contributed by atoms with Crippen LogP contribution in [0.5, 0.6) is 0 Å². The van der Waals surface area contributed by atoms with Crippen molar-refractivity contribution in [2.75, 3.05) is 0 Å². The van der Waals surface area contributed by atoms with E-state index in [1.807, 2.05) is 0 Å². The Labute approximate surface area is 76.1 Å². The number of Topliss-reactive ketones (excluding diaryl/α,β-unsaturated/α-hetero) is 1. The summed E-state index contributed by atoms with van der Waals surface area (Å²) in [6, 6.07) is 0. The quantitative estimate of drug-likeness (QED) is 0.521. The highest BCUT2D eigenvalue weighted by Gasteiger charge is 2.07. The Kier molecular flexibility index (Phi) is 3.87. The summed E-state index contributed by atoms with van der Waals surface area (Å²) in [6.45, 7) is 2.12. The zero-order chi connectivity index (χ0) is 8.81. The topological polar surface area (TPSA) is 42.9 Å². The van der Waals surface area contributed by atoms with Crippen LogP contribution in [0.2, 0.25) is 0 Å². The molecule has 66 valence electrons. The van der Waals surface area contributed by atoms with Gasteiger partial charge in [0.15, 0.2) is 5.78 Å². The lowest BCUT2D eigenvalue weighted by Crippen LogP contribution is -1.98. The van der Waals surface area contributed by atoms with Gasteiger partial charge in [0.05, 0.1) is 17.9 Å². The summed E-state index contributed by atoms with van der Waals surface area (Å²) in [7, 11) is 0. The third kappa shape index (κ3) is 2.70. The van der Waals surface area contributed by atoms with Gasteiger partial charge in [0.25, 0.3) is 0 Å². The van der Waals surface area contributed by atoms with Crippen molar-refractivity contribution in [3.63, 3.8) is 0 Å². The SMILES string of the molecule is CCCCCC(=O)c1cnsn1. The van der Waals surface area contributed by atoms with Gasteiger partial charge in [-0.05, 0) is 6.42 Å². The monoisotopic (exact) mass is 184 g/mol. The fourth-order valence-corrected chi connectivity index (χ4v) is 1.38. The van der Waals surface area contributed by atoms with E-state index in [9.17, 15) is 4.79 Å². The van der Waals surface area contributed by atoms with Crippen LogP contribution < -0.4 is 0 Å².